The Morgan fingerprint density at radius 1 is 1.30 bits per heavy atom. The number of rotatable bonds is 1. The molecule has 2 aliphatic rings. The molecule has 0 bridgehead atoms. The molecular weight excluding hydrogens is 262 g/mol. The van der Waals surface area contributed by atoms with Crippen LogP contribution in [0.3, 0.4) is 0 Å². The quantitative estimate of drug-likeness (QED) is 0.745. The number of amidine groups is 1. The number of hydrogen-bond acceptors (Lipinski definition) is 5. The molecular formula is C13H11N3O4. The molecule has 0 saturated carbocycles. The summed E-state index contributed by atoms with van der Waals surface area (Å²) in [4.78, 5) is 24.3. The van der Waals surface area contributed by atoms with E-state index in [4.69, 9.17) is 14.9 Å². The maximum Gasteiger partial charge on any atom is 0.329 e. The minimum atomic E-state index is -0.608. The van der Waals surface area contributed by atoms with Crippen LogP contribution >= 0.6 is 0 Å². The minimum absolute atomic E-state index is 0.117. The van der Waals surface area contributed by atoms with Crippen molar-refractivity contribution in [2.75, 3.05) is 13.8 Å². The second kappa shape index (κ2) is 4.37. The Balaban J connectivity index is 1.97. The van der Waals surface area contributed by atoms with Crippen LogP contribution in [0.15, 0.2) is 23.8 Å². The number of nitrogens with one attached hydrogen (secondary N) is 2. The third kappa shape index (κ3) is 1.89. The molecule has 0 unspecified atom stereocenters. The summed E-state index contributed by atoms with van der Waals surface area (Å²) in [6, 6.07) is 4.58. The van der Waals surface area contributed by atoms with Crippen LogP contribution < -0.4 is 14.8 Å². The highest BCUT2D eigenvalue weighted by molar-refractivity contribution is 6.31. The number of urea groups is 1. The smallest absolute Gasteiger partial charge is 0.329 e. The summed E-state index contributed by atoms with van der Waals surface area (Å²) in [6.45, 7) is 0.170. The molecule has 2 aliphatic heterocycles. The van der Waals surface area contributed by atoms with Gasteiger partial charge in [-0.25, -0.2) is 4.79 Å². The minimum Gasteiger partial charge on any atom is -0.454 e. The molecule has 0 radical (unpaired) electrons. The first-order valence-electron chi connectivity index (χ1n) is 5.85. The van der Waals surface area contributed by atoms with Crippen molar-refractivity contribution >= 4 is 23.8 Å². The van der Waals surface area contributed by atoms with Crippen molar-refractivity contribution in [3.63, 3.8) is 0 Å². The predicted octanol–water partition coefficient (Wildman–Crippen LogP) is 0.958. The lowest BCUT2D eigenvalue weighted by molar-refractivity contribution is -0.123. The SMILES string of the molecule is CN1C(=O)NC(=N)C(=Cc2ccc3c(c2)OCO3)C1=O. The van der Waals surface area contributed by atoms with Gasteiger partial charge in [-0.1, -0.05) is 6.07 Å². The van der Waals surface area contributed by atoms with Gasteiger partial charge in [-0.15, -0.1) is 0 Å². The standard InChI is InChI=1S/C13H11N3O4/c1-16-12(17)8(11(14)15-13(16)18)4-7-2-3-9-10(5-7)20-6-19-9/h2-5H,6H2,1H3,(H2,14,15,18). The molecule has 2 N–H and O–H groups in total. The number of imide groups is 1. The zero-order valence-electron chi connectivity index (χ0n) is 10.6. The number of hydrogen-bond donors (Lipinski definition) is 2. The fraction of sp³-hybridized carbons (Fsp3) is 0.154. The van der Waals surface area contributed by atoms with Gasteiger partial charge in [0, 0.05) is 7.05 Å². The molecule has 2 heterocycles. The number of amides is 3. The monoisotopic (exact) mass is 273 g/mol. The Kier molecular flexibility index (Phi) is 2.67. The number of likely N-dealkylation sites (N-methyl/N-ethyl adjacent to an activating group) is 1. The maximum atomic E-state index is 12.0. The molecule has 1 aromatic carbocycles. The Morgan fingerprint density at radius 2 is 2.05 bits per heavy atom. The number of ether oxygens (including phenoxy) is 2. The second-order valence-corrected chi connectivity index (χ2v) is 4.34. The molecule has 0 spiro atoms. The molecule has 1 aromatic rings. The number of nitrogens with zero attached hydrogens (tertiary/aromatic N) is 1. The molecule has 20 heavy (non-hydrogen) atoms. The second-order valence-electron chi connectivity index (χ2n) is 4.34. The highest BCUT2D eigenvalue weighted by Crippen LogP contribution is 2.33. The number of benzene rings is 1. The van der Waals surface area contributed by atoms with Crippen molar-refractivity contribution in [2.24, 2.45) is 0 Å². The highest BCUT2D eigenvalue weighted by Gasteiger charge is 2.30. The van der Waals surface area contributed by atoms with Gasteiger partial charge in [0.05, 0.1) is 5.57 Å². The summed E-state index contributed by atoms with van der Waals surface area (Å²) in [5.74, 6) is 0.501. The topological polar surface area (TPSA) is 91.7 Å². The van der Waals surface area contributed by atoms with E-state index in [-0.39, 0.29) is 18.2 Å². The van der Waals surface area contributed by atoms with Crippen LogP contribution in [-0.2, 0) is 4.79 Å². The van der Waals surface area contributed by atoms with Gasteiger partial charge in [0.1, 0.15) is 5.84 Å². The summed E-state index contributed by atoms with van der Waals surface area (Å²) in [6.07, 6.45) is 1.53. The van der Waals surface area contributed by atoms with E-state index in [0.29, 0.717) is 17.1 Å². The first kappa shape index (κ1) is 12.2. The molecule has 1 saturated heterocycles. The van der Waals surface area contributed by atoms with E-state index in [2.05, 4.69) is 5.32 Å². The number of carbonyl (C=O) groups is 2. The fourth-order valence-corrected chi connectivity index (χ4v) is 1.94. The summed E-state index contributed by atoms with van der Waals surface area (Å²) in [5, 5.41) is 10.0. The van der Waals surface area contributed by atoms with Crippen LogP contribution in [0.4, 0.5) is 4.79 Å². The summed E-state index contributed by atoms with van der Waals surface area (Å²) in [5.41, 5.74) is 0.804. The van der Waals surface area contributed by atoms with E-state index in [1.807, 2.05) is 0 Å². The van der Waals surface area contributed by atoms with Crippen molar-refractivity contribution in [3.8, 4) is 11.5 Å². The molecule has 3 amide bonds. The Bertz CT molecular complexity index is 666. The van der Waals surface area contributed by atoms with Gasteiger partial charge in [0.2, 0.25) is 6.79 Å². The molecule has 7 nitrogen and oxygen atoms in total. The van der Waals surface area contributed by atoms with E-state index in [0.717, 1.165) is 4.90 Å². The average molecular weight is 273 g/mol. The molecule has 0 aliphatic carbocycles. The largest absolute Gasteiger partial charge is 0.454 e. The molecule has 3 rings (SSSR count). The van der Waals surface area contributed by atoms with Crippen molar-refractivity contribution in [3.05, 3.63) is 29.3 Å². The predicted molar refractivity (Wildman–Crippen MR) is 69.6 cm³/mol. The lowest BCUT2D eigenvalue weighted by Crippen LogP contribution is -2.51. The normalized spacial score (nSPS) is 19.6. The van der Waals surface area contributed by atoms with Gasteiger partial charge in [0.15, 0.2) is 11.5 Å². The fourth-order valence-electron chi connectivity index (χ4n) is 1.94. The van der Waals surface area contributed by atoms with Crippen molar-refractivity contribution in [1.29, 1.82) is 5.41 Å². The zero-order chi connectivity index (χ0) is 14.3. The Morgan fingerprint density at radius 3 is 2.85 bits per heavy atom. The Labute approximate surface area is 114 Å². The molecule has 1 fully saturated rings. The van der Waals surface area contributed by atoms with E-state index >= 15 is 0 Å². The lowest BCUT2D eigenvalue weighted by atomic mass is 10.1. The molecule has 7 heteroatoms. The van der Waals surface area contributed by atoms with E-state index in [1.54, 1.807) is 18.2 Å². The van der Waals surface area contributed by atoms with Crippen molar-refractivity contribution in [2.45, 2.75) is 0 Å². The van der Waals surface area contributed by atoms with Crippen molar-refractivity contribution in [1.82, 2.24) is 10.2 Å². The molecule has 0 atom stereocenters. The van der Waals surface area contributed by atoms with Gasteiger partial charge in [-0.3, -0.25) is 20.4 Å². The highest BCUT2D eigenvalue weighted by atomic mass is 16.7. The van der Waals surface area contributed by atoms with Crippen molar-refractivity contribution < 1.29 is 19.1 Å². The first-order valence-corrected chi connectivity index (χ1v) is 5.85. The van der Waals surface area contributed by atoms with Gasteiger partial charge in [-0.2, -0.15) is 0 Å². The lowest BCUT2D eigenvalue weighted by Gasteiger charge is -2.24. The van der Waals surface area contributed by atoms with Gasteiger partial charge in [-0.05, 0) is 23.8 Å². The van der Waals surface area contributed by atoms with Crippen LogP contribution in [0.25, 0.3) is 6.08 Å². The first-order chi connectivity index (χ1) is 9.56. The maximum absolute atomic E-state index is 12.0. The van der Waals surface area contributed by atoms with Crippen LogP contribution in [0.1, 0.15) is 5.56 Å². The molecule has 102 valence electrons. The van der Waals surface area contributed by atoms with E-state index in [9.17, 15) is 9.59 Å². The third-order valence-corrected chi connectivity index (χ3v) is 3.05. The van der Waals surface area contributed by atoms with E-state index < -0.39 is 11.9 Å². The third-order valence-electron chi connectivity index (χ3n) is 3.05. The van der Waals surface area contributed by atoms with Gasteiger partial charge >= 0.3 is 6.03 Å². The summed E-state index contributed by atoms with van der Waals surface area (Å²) < 4.78 is 10.4. The summed E-state index contributed by atoms with van der Waals surface area (Å²) >= 11 is 0. The van der Waals surface area contributed by atoms with Crippen LogP contribution in [0, 0.1) is 5.41 Å². The van der Waals surface area contributed by atoms with Gasteiger partial charge < -0.3 is 9.47 Å². The van der Waals surface area contributed by atoms with Crippen LogP contribution in [0.5, 0.6) is 11.5 Å². The van der Waals surface area contributed by atoms with Crippen LogP contribution in [-0.4, -0.2) is 36.5 Å². The van der Waals surface area contributed by atoms with E-state index in [1.165, 1.54) is 13.1 Å². The molecule has 0 aromatic heterocycles. The number of fused-ring (bicyclic) bond motifs is 1. The summed E-state index contributed by atoms with van der Waals surface area (Å²) in [7, 11) is 1.36. The average Bonchev–Trinajstić information content (AvgIpc) is 2.88. The van der Waals surface area contributed by atoms with Crippen LogP contribution in [0.2, 0.25) is 0 Å². The Hall–Kier alpha value is -2.83. The van der Waals surface area contributed by atoms with Gasteiger partial charge in [0.25, 0.3) is 5.91 Å². The number of carbonyl (C=O) groups excluding carboxylic acids is 2. The zero-order valence-corrected chi connectivity index (χ0v) is 10.6.